The van der Waals surface area contributed by atoms with Gasteiger partial charge in [0.25, 0.3) is 5.91 Å². The van der Waals surface area contributed by atoms with Crippen LogP contribution in [0.3, 0.4) is 0 Å². The van der Waals surface area contributed by atoms with Crippen LogP contribution in [0, 0.1) is 5.92 Å². The standard InChI is InChI=1S/C27H34N4O5/c1-19(2)16-24(32)30-14-10-27(11-15-30)31(26(34)21-4-6-22(35-3)7-5-21)23(18-36-27)25(33)29-17-20-8-12-28-13-9-20/h4-9,12-13,19,23H,10-11,14-18H2,1-3H3,(H,29,33)/t23-/m1/s1. The number of pyridine rings is 1. The number of rotatable bonds is 7. The van der Waals surface area contributed by atoms with Crippen molar-refractivity contribution in [3.05, 3.63) is 59.9 Å². The molecule has 3 amide bonds. The molecule has 9 nitrogen and oxygen atoms in total. The fraction of sp³-hybridized carbons (Fsp3) is 0.481. The summed E-state index contributed by atoms with van der Waals surface area (Å²) in [7, 11) is 1.57. The monoisotopic (exact) mass is 494 g/mol. The highest BCUT2D eigenvalue weighted by Crippen LogP contribution is 2.39. The number of aromatic nitrogens is 1. The summed E-state index contributed by atoms with van der Waals surface area (Å²) in [4.78, 5) is 47.2. The van der Waals surface area contributed by atoms with E-state index in [0.29, 0.717) is 50.2 Å². The molecule has 4 rings (SSSR count). The van der Waals surface area contributed by atoms with Crippen molar-refractivity contribution >= 4 is 17.7 Å². The highest BCUT2D eigenvalue weighted by Gasteiger charge is 2.54. The predicted octanol–water partition coefficient (Wildman–Crippen LogP) is 2.61. The molecule has 3 heterocycles. The van der Waals surface area contributed by atoms with Crippen LogP contribution in [0.4, 0.5) is 0 Å². The van der Waals surface area contributed by atoms with Gasteiger partial charge >= 0.3 is 0 Å². The van der Waals surface area contributed by atoms with E-state index in [-0.39, 0.29) is 30.2 Å². The molecule has 2 aliphatic heterocycles. The van der Waals surface area contributed by atoms with Crippen molar-refractivity contribution in [3.8, 4) is 5.75 Å². The molecule has 1 aromatic carbocycles. The molecule has 0 bridgehead atoms. The third-order valence-electron chi connectivity index (χ3n) is 6.82. The minimum absolute atomic E-state index is 0.101. The van der Waals surface area contributed by atoms with Gasteiger partial charge in [-0.05, 0) is 47.9 Å². The number of nitrogens with one attached hydrogen (secondary N) is 1. The smallest absolute Gasteiger partial charge is 0.256 e. The van der Waals surface area contributed by atoms with Crippen molar-refractivity contribution in [2.24, 2.45) is 5.92 Å². The SMILES string of the molecule is COc1ccc(C(=O)N2[C@@H](C(=O)NCc3ccncc3)COC23CCN(C(=O)CC(C)C)CC3)cc1. The molecule has 0 radical (unpaired) electrons. The molecule has 9 heteroatoms. The largest absolute Gasteiger partial charge is 0.497 e. The average molecular weight is 495 g/mol. The zero-order valence-electron chi connectivity index (χ0n) is 21.1. The molecule has 1 N–H and O–H groups in total. The Balaban J connectivity index is 1.55. The van der Waals surface area contributed by atoms with E-state index in [1.54, 1.807) is 48.7 Å². The summed E-state index contributed by atoms with van der Waals surface area (Å²) in [5.41, 5.74) is 0.424. The Kier molecular flexibility index (Phi) is 7.88. The first kappa shape index (κ1) is 25.6. The zero-order chi connectivity index (χ0) is 25.7. The number of benzene rings is 1. The second-order valence-electron chi connectivity index (χ2n) is 9.73. The number of hydrogen-bond donors (Lipinski definition) is 1. The van der Waals surface area contributed by atoms with Crippen molar-refractivity contribution < 1.29 is 23.9 Å². The highest BCUT2D eigenvalue weighted by molar-refractivity contribution is 5.98. The van der Waals surface area contributed by atoms with Gasteiger partial charge < -0.3 is 19.7 Å². The third kappa shape index (κ3) is 5.51. The van der Waals surface area contributed by atoms with E-state index >= 15 is 0 Å². The summed E-state index contributed by atoms with van der Waals surface area (Å²) in [5.74, 6) is 0.475. The van der Waals surface area contributed by atoms with Crippen LogP contribution >= 0.6 is 0 Å². The fourth-order valence-corrected chi connectivity index (χ4v) is 4.83. The molecule has 0 aliphatic carbocycles. The Labute approximate surface area is 211 Å². The topological polar surface area (TPSA) is 101 Å². The van der Waals surface area contributed by atoms with Crippen molar-refractivity contribution in [3.63, 3.8) is 0 Å². The lowest BCUT2D eigenvalue weighted by molar-refractivity contribution is -0.144. The van der Waals surface area contributed by atoms with Gasteiger partial charge in [0, 0.05) is 56.9 Å². The molecule has 1 atom stereocenters. The number of likely N-dealkylation sites (tertiary alicyclic amines) is 1. The van der Waals surface area contributed by atoms with Crippen LogP contribution < -0.4 is 10.1 Å². The van der Waals surface area contributed by atoms with Gasteiger partial charge in [0.05, 0.1) is 13.7 Å². The maximum absolute atomic E-state index is 13.8. The average Bonchev–Trinajstić information content (AvgIpc) is 3.26. The highest BCUT2D eigenvalue weighted by atomic mass is 16.5. The van der Waals surface area contributed by atoms with Crippen LogP contribution in [-0.4, -0.2) is 71.1 Å². The van der Waals surface area contributed by atoms with E-state index in [1.165, 1.54) is 0 Å². The normalized spacial score (nSPS) is 18.9. The number of piperidine rings is 1. The van der Waals surface area contributed by atoms with Crippen molar-refractivity contribution in [1.82, 2.24) is 20.1 Å². The van der Waals surface area contributed by atoms with Gasteiger partial charge in [-0.3, -0.25) is 24.3 Å². The molecule has 0 unspecified atom stereocenters. The molecule has 2 aliphatic rings. The van der Waals surface area contributed by atoms with E-state index in [0.717, 1.165) is 5.56 Å². The summed E-state index contributed by atoms with van der Waals surface area (Å²) < 4.78 is 11.5. The Morgan fingerprint density at radius 3 is 2.39 bits per heavy atom. The maximum atomic E-state index is 13.8. The molecule has 1 spiro atoms. The van der Waals surface area contributed by atoms with Crippen LogP contribution in [0.25, 0.3) is 0 Å². The lowest BCUT2D eigenvalue weighted by Crippen LogP contribution is -2.59. The Bertz CT molecular complexity index is 1070. The van der Waals surface area contributed by atoms with E-state index in [2.05, 4.69) is 10.3 Å². The van der Waals surface area contributed by atoms with Gasteiger partial charge in [-0.15, -0.1) is 0 Å². The number of carbonyl (C=O) groups is 3. The van der Waals surface area contributed by atoms with Gasteiger partial charge in [0.15, 0.2) is 0 Å². The van der Waals surface area contributed by atoms with Crippen molar-refractivity contribution in [1.29, 1.82) is 0 Å². The number of hydrogen-bond acceptors (Lipinski definition) is 6. The maximum Gasteiger partial charge on any atom is 0.256 e. The number of methoxy groups -OCH3 is 1. The van der Waals surface area contributed by atoms with Gasteiger partial charge in [-0.2, -0.15) is 0 Å². The van der Waals surface area contributed by atoms with E-state index < -0.39 is 11.8 Å². The number of ether oxygens (including phenoxy) is 2. The van der Waals surface area contributed by atoms with E-state index in [9.17, 15) is 14.4 Å². The first-order chi connectivity index (χ1) is 17.3. The molecule has 36 heavy (non-hydrogen) atoms. The molecule has 1 aromatic heterocycles. The first-order valence-electron chi connectivity index (χ1n) is 12.4. The summed E-state index contributed by atoms with van der Waals surface area (Å²) in [6.45, 7) is 5.42. The molecule has 192 valence electrons. The second-order valence-corrected chi connectivity index (χ2v) is 9.73. The Hall–Kier alpha value is -3.46. The lowest BCUT2D eigenvalue weighted by Gasteiger charge is -2.44. The third-order valence-corrected chi connectivity index (χ3v) is 6.82. The van der Waals surface area contributed by atoms with E-state index in [4.69, 9.17) is 9.47 Å². The van der Waals surface area contributed by atoms with Crippen LogP contribution in [-0.2, 0) is 20.9 Å². The van der Waals surface area contributed by atoms with Crippen molar-refractivity contribution in [2.45, 2.75) is 51.4 Å². The fourth-order valence-electron chi connectivity index (χ4n) is 4.83. The minimum atomic E-state index is -0.940. The number of carbonyl (C=O) groups excluding carboxylic acids is 3. The van der Waals surface area contributed by atoms with Gasteiger partial charge in [0.1, 0.15) is 17.5 Å². The van der Waals surface area contributed by atoms with Crippen molar-refractivity contribution in [2.75, 3.05) is 26.8 Å². The summed E-state index contributed by atoms with van der Waals surface area (Å²) >= 11 is 0. The summed E-state index contributed by atoms with van der Waals surface area (Å²) in [6, 6.07) is 9.72. The predicted molar refractivity (Wildman–Crippen MR) is 133 cm³/mol. The summed E-state index contributed by atoms with van der Waals surface area (Å²) in [5, 5.41) is 2.94. The van der Waals surface area contributed by atoms with Gasteiger partial charge in [0.2, 0.25) is 11.8 Å². The molecular weight excluding hydrogens is 460 g/mol. The minimum Gasteiger partial charge on any atom is -0.497 e. The Morgan fingerprint density at radius 1 is 1.11 bits per heavy atom. The number of amides is 3. The lowest BCUT2D eigenvalue weighted by atomic mass is 9.96. The zero-order valence-corrected chi connectivity index (χ0v) is 21.1. The quantitative estimate of drug-likeness (QED) is 0.635. The summed E-state index contributed by atoms with van der Waals surface area (Å²) in [6.07, 6.45) is 4.73. The second kappa shape index (κ2) is 11.1. The van der Waals surface area contributed by atoms with Crippen LogP contribution in [0.1, 0.15) is 49.0 Å². The number of nitrogens with zero attached hydrogens (tertiary/aromatic N) is 3. The first-order valence-corrected chi connectivity index (χ1v) is 12.4. The van der Waals surface area contributed by atoms with Crippen LogP contribution in [0.5, 0.6) is 5.75 Å². The Morgan fingerprint density at radius 2 is 1.78 bits per heavy atom. The van der Waals surface area contributed by atoms with Crippen LogP contribution in [0.2, 0.25) is 0 Å². The van der Waals surface area contributed by atoms with E-state index in [1.807, 2.05) is 30.9 Å². The van der Waals surface area contributed by atoms with Gasteiger partial charge in [-0.25, -0.2) is 0 Å². The molecule has 2 fully saturated rings. The van der Waals surface area contributed by atoms with Gasteiger partial charge in [-0.1, -0.05) is 13.8 Å². The molecule has 0 saturated carbocycles. The van der Waals surface area contributed by atoms with Crippen LogP contribution in [0.15, 0.2) is 48.8 Å². The molecule has 2 saturated heterocycles. The molecule has 2 aromatic rings. The molecular formula is C27H34N4O5.